The fourth-order valence-corrected chi connectivity index (χ4v) is 2.35. The number of imide groups is 1. The average molecular weight is 237 g/mol. The Morgan fingerprint density at radius 3 is 2.61 bits per heavy atom. The van der Waals surface area contributed by atoms with E-state index in [-0.39, 0.29) is 18.4 Å². The van der Waals surface area contributed by atoms with Crippen LogP contribution in [0.5, 0.6) is 0 Å². The van der Waals surface area contributed by atoms with Crippen molar-refractivity contribution >= 4 is 22.6 Å². The molecule has 3 heteroatoms. The average Bonchev–Trinajstić information content (AvgIpc) is 2.64. The van der Waals surface area contributed by atoms with Crippen LogP contribution in [0.1, 0.15) is 20.7 Å². The van der Waals surface area contributed by atoms with Crippen LogP contribution in [0.25, 0.3) is 10.8 Å². The summed E-state index contributed by atoms with van der Waals surface area (Å²) in [6, 6.07) is 11.2. The van der Waals surface area contributed by atoms with Crippen LogP contribution in [-0.4, -0.2) is 23.3 Å². The number of hydrogen-bond acceptors (Lipinski definition) is 2. The lowest BCUT2D eigenvalue weighted by Crippen LogP contribution is -2.29. The highest BCUT2D eigenvalue weighted by atomic mass is 16.2. The summed E-state index contributed by atoms with van der Waals surface area (Å²) in [5.74, 6) is -0.465. The molecule has 3 nitrogen and oxygen atoms in total. The standard InChI is InChI=1S/C15H11NO2/c1-2-9-16-14(17)12-8-7-10-5-3-4-6-11(10)13(12)15(16)18/h2-8H,1,9H2. The monoisotopic (exact) mass is 237 g/mol. The molecule has 18 heavy (non-hydrogen) atoms. The van der Waals surface area contributed by atoms with Crippen LogP contribution in [0.2, 0.25) is 0 Å². The Balaban J connectivity index is 2.29. The molecule has 0 radical (unpaired) electrons. The first kappa shape index (κ1) is 10.7. The lowest BCUT2D eigenvalue weighted by atomic mass is 10.0. The summed E-state index contributed by atoms with van der Waals surface area (Å²) in [7, 11) is 0. The van der Waals surface area contributed by atoms with Crippen LogP contribution >= 0.6 is 0 Å². The minimum atomic E-state index is -0.236. The van der Waals surface area contributed by atoms with Gasteiger partial charge in [0.1, 0.15) is 0 Å². The van der Waals surface area contributed by atoms with Crippen molar-refractivity contribution in [2.45, 2.75) is 0 Å². The number of carbonyl (C=O) groups is 2. The molecule has 1 aliphatic heterocycles. The fourth-order valence-electron chi connectivity index (χ4n) is 2.35. The van der Waals surface area contributed by atoms with E-state index >= 15 is 0 Å². The second kappa shape index (κ2) is 3.81. The number of hydrogen-bond donors (Lipinski definition) is 0. The highest BCUT2D eigenvalue weighted by Gasteiger charge is 2.35. The van der Waals surface area contributed by atoms with E-state index in [9.17, 15) is 9.59 Å². The second-order valence-corrected chi connectivity index (χ2v) is 4.22. The Kier molecular flexibility index (Phi) is 2.27. The summed E-state index contributed by atoms with van der Waals surface area (Å²) < 4.78 is 0. The molecule has 0 aromatic heterocycles. The zero-order valence-corrected chi connectivity index (χ0v) is 9.72. The third kappa shape index (κ3) is 1.31. The molecule has 2 amide bonds. The number of carbonyl (C=O) groups excluding carboxylic acids is 2. The van der Waals surface area contributed by atoms with Gasteiger partial charge in [-0.15, -0.1) is 6.58 Å². The maximum Gasteiger partial charge on any atom is 0.262 e. The molecule has 2 aromatic carbocycles. The summed E-state index contributed by atoms with van der Waals surface area (Å²) in [5.41, 5.74) is 1.00. The van der Waals surface area contributed by atoms with E-state index in [0.717, 1.165) is 10.8 Å². The van der Waals surface area contributed by atoms with Crippen molar-refractivity contribution in [1.82, 2.24) is 4.90 Å². The molecule has 1 heterocycles. The zero-order valence-electron chi connectivity index (χ0n) is 9.72. The molecule has 3 rings (SSSR count). The Morgan fingerprint density at radius 1 is 1.06 bits per heavy atom. The molecule has 0 aliphatic carbocycles. The molecule has 0 fully saturated rings. The molecule has 0 bridgehead atoms. The summed E-state index contributed by atoms with van der Waals surface area (Å²) in [5, 5.41) is 1.80. The SMILES string of the molecule is C=CCN1C(=O)c2ccc3ccccc3c2C1=O. The highest BCUT2D eigenvalue weighted by molar-refractivity contribution is 6.26. The highest BCUT2D eigenvalue weighted by Crippen LogP contribution is 2.29. The van der Waals surface area contributed by atoms with Crippen molar-refractivity contribution in [2.24, 2.45) is 0 Å². The third-order valence-electron chi connectivity index (χ3n) is 3.18. The minimum Gasteiger partial charge on any atom is -0.270 e. The van der Waals surface area contributed by atoms with E-state index in [1.54, 1.807) is 12.1 Å². The Hall–Kier alpha value is -2.42. The number of nitrogens with zero attached hydrogens (tertiary/aromatic N) is 1. The quantitative estimate of drug-likeness (QED) is 0.594. The molecular weight excluding hydrogens is 226 g/mol. The van der Waals surface area contributed by atoms with E-state index in [2.05, 4.69) is 6.58 Å². The zero-order chi connectivity index (χ0) is 12.7. The van der Waals surface area contributed by atoms with Crippen LogP contribution < -0.4 is 0 Å². The predicted octanol–water partition coefficient (Wildman–Crippen LogP) is 2.62. The van der Waals surface area contributed by atoms with Gasteiger partial charge in [-0.05, 0) is 16.8 Å². The molecular formula is C15H11NO2. The van der Waals surface area contributed by atoms with Crippen LogP contribution in [0.3, 0.4) is 0 Å². The van der Waals surface area contributed by atoms with Gasteiger partial charge in [0.05, 0.1) is 11.1 Å². The van der Waals surface area contributed by atoms with Crippen molar-refractivity contribution in [1.29, 1.82) is 0 Å². The smallest absolute Gasteiger partial charge is 0.262 e. The first-order valence-corrected chi connectivity index (χ1v) is 5.73. The summed E-state index contributed by atoms with van der Waals surface area (Å²) >= 11 is 0. The van der Waals surface area contributed by atoms with E-state index in [1.807, 2.05) is 30.3 Å². The van der Waals surface area contributed by atoms with E-state index < -0.39 is 0 Å². The maximum atomic E-state index is 12.3. The molecule has 1 aliphatic rings. The van der Waals surface area contributed by atoms with Gasteiger partial charge in [0, 0.05) is 6.54 Å². The number of amides is 2. The molecule has 88 valence electrons. The van der Waals surface area contributed by atoms with Crippen LogP contribution in [0, 0.1) is 0 Å². The van der Waals surface area contributed by atoms with Gasteiger partial charge in [-0.3, -0.25) is 14.5 Å². The van der Waals surface area contributed by atoms with E-state index in [1.165, 1.54) is 4.90 Å². The molecule has 0 N–H and O–H groups in total. The second-order valence-electron chi connectivity index (χ2n) is 4.22. The Morgan fingerprint density at radius 2 is 1.83 bits per heavy atom. The van der Waals surface area contributed by atoms with Crippen molar-refractivity contribution in [3.63, 3.8) is 0 Å². The molecule has 0 unspecified atom stereocenters. The van der Waals surface area contributed by atoms with Crippen LogP contribution in [0.4, 0.5) is 0 Å². The van der Waals surface area contributed by atoms with Gasteiger partial charge >= 0.3 is 0 Å². The Bertz CT molecular complexity index is 688. The largest absolute Gasteiger partial charge is 0.270 e. The van der Waals surface area contributed by atoms with Gasteiger partial charge in [0.2, 0.25) is 0 Å². The van der Waals surface area contributed by atoms with Crippen molar-refractivity contribution in [3.8, 4) is 0 Å². The van der Waals surface area contributed by atoms with E-state index in [0.29, 0.717) is 11.1 Å². The van der Waals surface area contributed by atoms with Gasteiger partial charge in [0.25, 0.3) is 11.8 Å². The number of fused-ring (bicyclic) bond motifs is 3. The lowest BCUT2D eigenvalue weighted by Gasteiger charge is -2.09. The van der Waals surface area contributed by atoms with Gasteiger partial charge in [-0.2, -0.15) is 0 Å². The molecule has 0 saturated heterocycles. The van der Waals surface area contributed by atoms with E-state index in [4.69, 9.17) is 0 Å². The summed E-state index contributed by atoms with van der Waals surface area (Å²) in [4.78, 5) is 25.6. The topological polar surface area (TPSA) is 37.4 Å². The number of rotatable bonds is 2. The maximum absolute atomic E-state index is 12.3. The first-order chi connectivity index (χ1) is 8.74. The van der Waals surface area contributed by atoms with Crippen molar-refractivity contribution in [2.75, 3.05) is 6.54 Å². The molecule has 2 aromatic rings. The molecule has 0 spiro atoms. The van der Waals surface area contributed by atoms with Crippen LogP contribution in [0.15, 0.2) is 49.1 Å². The Labute approximate surface area is 104 Å². The van der Waals surface area contributed by atoms with Gasteiger partial charge in [0.15, 0.2) is 0 Å². The van der Waals surface area contributed by atoms with Gasteiger partial charge in [-0.25, -0.2) is 0 Å². The fraction of sp³-hybridized carbons (Fsp3) is 0.0667. The lowest BCUT2D eigenvalue weighted by molar-refractivity contribution is 0.0672. The van der Waals surface area contributed by atoms with Gasteiger partial charge in [-0.1, -0.05) is 36.4 Å². The molecule has 0 atom stereocenters. The number of benzene rings is 2. The van der Waals surface area contributed by atoms with Crippen LogP contribution in [-0.2, 0) is 0 Å². The first-order valence-electron chi connectivity index (χ1n) is 5.73. The minimum absolute atomic E-state index is 0.230. The predicted molar refractivity (Wildman–Crippen MR) is 69.5 cm³/mol. The summed E-state index contributed by atoms with van der Waals surface area (Å²) in [6.45, 7) is 3.82. The normalized spacial score (nSPS) is 14.1. The third-order valence-corrected chi connectivity index (χ3v) is 3.18. The van der Waals surface area contributed by atoms with Gasteiger partial charge < -0.3 is 0 Å². The van der Waals surface area contributed by atoms with Crippen molar-refractivity contribution < 1.29 is 9.59 Å². The molecule has 0 saturated carbocycles. The summed E-state index contributed by atoms with van der Waals surface area (Å²) in [6.07, 6.45) is 1.56. The van der Waals surface area contributed by atoms with Crippen molar-refractivity contribution in [3.05, 3.63) is 60.2 Å².